The topological polar surface area (TPSA) is 30.7 Å². The van der Waals surface area contributed by atoms with E-state index in [0.29, 0.717) is 5.92 Å². The monoisotopic (exact) mass is 313 g/mol. The molecular weight excluding hydrogens is 290 g/mol. The first-order chi connectivity index (χ1) is 8.76. The molecule has 1 heterocycles. The van der Waals surface area contributed by atoms with Crippen LogP contribution in [0.25, 0.3) is 0 Å². The molecule has 1 saturated carbocycles. The maximum absolute atomic E-state index is 4.38. The third kappa shape index (κ3) is 3.14. The Morgan fingerprint density at radius 3 is 2.50 bits per heavy atom. The number of halogens is 1. The molecule has 1 aliphatic carbocycles. The molecule has 0 amide bonds. The summed E-state index contributed by atoms with van der Waals surface area (Å²) in [5, 5.41) is 9.42. The van der Waals surface area contributed by atoms with Crippen LogP contribution in [0.5, 0.6) is 0 Å². The fourth-order valence-corrected chi connectivity index (χ4v) is 3.54. The van der Waals surface area contributed by atoms with Crippen LogP contribution in [-0.4, -0.2) is 14.8 Å². The van der Waals surface area contributed by atoms with Crippen LogP contribution in [0.2, 0.25) is 0 Å². The quantitative estimate of drug-likeness (QED) is 0.764. The van der Waals surface area contributed by atoms with Gasteiger partial charge in [0, 0.05) is 13.0 Å². The summed E-state index contributed by atoms with van der Waals surface area (Å²) in [6.07, 6.45) is 9.49. The van der Waals surface area contributed by atoms with Crippen molar-refractivity contribution in [1.82, 2.24) is 14.8 Å². The standard InChI is InChI=1S/C14H24BrN3/c1-3-4-5-11-6-8-12(9-7-11)14-17-16-13(10-15)18(14)2/h11-12H,3-10H2,1-2H3. The van der Waals surface area contributed by atoms with E-state index in [1.54, 1.807) is 0 Å². The Bertz CT molecular complexity index is 367. The zero-order valence-corrected chi connectivity index (χ0v) is 13.1. The van der Waals surface area contributed by atoms with E-state index in [1.807, 2.05) is 0 Å². The molecule has 18 heavy (non-hydrogen) atoms. The molecule has 0 saturated heterocycles. The normalized spacial score (nSPS) is 24.4. The van der Waals surface area contributed by atoms with Gasteiger partial charge in [0.1, 0.15) is 11.6 Å². The van der Waals surface area contributed by atoms with E-state index < -0.39 is 0 Å². The number of hydrogen-bond donors (Lipinski definition) is 0. The van der Waals surface area contributed by atoms with E-state index in [1.165, 1.54) is 50.8 Å². The van der Waals surface area contributed by atoms with Gasteiger partial charge < -0.3 is 4.57 Å². The molecule has 0 atom stereocenters. The van der Waals surface area contributed by atoms with Gasteiger partial charge in [0.05, 0.1) is 5.33 Å². The lowest BCUT2D eigenvalue weighted by atomic mass is 9.79. The second-order valence-electron chi connectivity index (χ2n) is 5.53. The van der Waals surface area contributed by atoms with Crippen molar-refractivity contribution in [3.05, 3.63) is 11.6 Å². The van der Waals surface area contributed by atoms with Gasteiger partial charge in [0.2, 0.25) is 0 Å². The summed E-state index contributed by atoms with van der Waals surface area (Å²) in [5.41, 5.74) is 0. The van der Waals surface area contributed by atoms with Crippen LogP contribution in [0.15, 0.2) is 0 Å². The van der Waals surface area contributed by atoms with Gasteiger partial charge in [-0.1, -0.05) is 42.1 Å². The van der Waals surface area contributed by atoms with Crippen LogP contribution in [0.4, 0.5) is 0 Å². The summed E-state index contributed by atoms with van der Waals surface area (Å²) in [6.45, 7) is 2.28. The molecule has 0 aliphatic heterocycles. The van der Waals surface area contributed by atoms with E-state index in [2.05, 4.69) is 44.7 Å². The first-order valence-electron chi connectivity index (χ1n) is 7.20. The number of alkyl halides is 1. The molecule has 0 radical (unpaired) electrons. The van der Waals surface area contributed by atoms with Crippen LogP contribution < -0.4 is 0 Å². The van der Waals surface area contributed by atoms with Crippen molar-refractivity contribution in [2.45, 2.75) is 63.1 Å². The summed E-state index contributed by atoms with van der Waals surface area (Å²) in [4.78, 5) is 0. The van der Waals surface area contributed by atoms with Crippen LogP contribution >= 0.6 is 15.9 Å². The number of hydrogen-bond acceptors (Lipinski definition) is 2. The highest BCUT2D eigenvalue weighted by atomic mass is 79.9. The average Bonchev–Trinajstić information content (AvgIpc) is 2.78. The summed E-state index contributed by atoms with van der Waals surface area (Å²) >= 11 is 3.46. The minimum atomic E-state index is 0.633. The Kier molecular flexibility index (Phi) is 5.22. The second-order valence-corrected chi connectivity index (χ2v) is 6.09. The van der Waals surface area contributed by atoms with Crippen molar-refractivity contribution in [3.63, 3.8) is 0 Å². The molecule has 3 nitrogen and oxygen atoms in total. The van der Waals surface area contributed by atoms with E-state index in [9.17, 15) is 0 Å². The van der Waals surface area contributed by atoms with Gasteiger partial charge in [-0.15, -0.1) is 10.2 Å². The highest BCUT2D eigenvalue weighted by Gasteiger charge is 2.25. The molecule has 1 aliphatic rings. The van der Waals surface area contributed by atoms with Crippen molar-refractivity contribution in [3.8, 4) is 0 Å². The number of unbranched alkanes of at least 4 members (excludes halogenated alkanes) is 1. The highest BCUT2D eigenvalue weighted by Crippen LogP contribution is 2.36. The van der Waals surface area contributed by atoms with Gasteiger partial charge in [-0.3, -0.25) is 0 Å². The van der Waals surface area contributed by atoms with Gasteiger partial charge in [0.25, 0.3) is 0 Å². The summed E-state index contributed by atoms with van der Waals surface area (Å²) in [7, 11) is 2.09. The second kappa shape index (κ2) is 6.69. The molecule has 102 valence electrons. The highest BCUT2D eigenvalue weighted by molar-refractivity contribution is 9.08. The Balaban J connectivity index is 1.90. The molecule has 0 spiro atoms. The molecule has 1 fully saturated rings. The minimum Gasteiger partial charge on any atom is -0.317 e. The molecule has 0 N–H and O–H groups in total. The van der Waals surface area contributed by atoms with Crippen LogP contribution in [0.3, 0.4) is 0 Å². The van der Waals surface area contributed by atoms with Crippen LogP contribution in [0.1, 0.15) is 69.4 Å². The fourth-order valence-electron chi connectivity index (χ4n) is 3.05. The van der Waals surface area contributed by atoms with Crippen molar-refractivity contribution in [2.24, 2.45) is 13.0 Å². The maximum atomic E-state index is 4.38. The fraction of sp³-hybridized carbons (Fsp3) is 0.857. The van der Waals surface area contributed by atoms with E-state index in [0.717, 1.165) is 17.1 Å². The predicted molar refractivity (Wildman–Crippen MR) is 77.9 cm³/mol. The lowest BCUT2D eigenvalue weighted by Crippen LogP contribution is -2.16. The smallest absolute Gasteiger partial charge is 0.143 e. The van der Waals surface area contributed by atoms with Crippen LogP contribution in [0, 0.1) is 5.92 Å². The maximum Gasteiger partial charge on any atom is 0.143 e. The third-order valence-corrected chi connectivity index (χ3v) is 4.80. The Labute approximate surface area is 118 Å². The molecule has 0 bridgehead atoms. The van der Waals surface area contributed by atoms with Crippen LogP contribution in [-0.2, 0) is 12.4 Å². The summed E-state index contributed by atoms with van der Waals surface area (Å²) in [6, 6.07) is 0. The first-order valence-corrected chi connectivity index (χ1v) is 8.32. The average molecular weight is 314 g/mol. The van der Waals surface area contributed by atoms with Crippen molar-refractivity contribution < 1.29 is 0 Å². The third-order valence-electron chi connectivity index (χ3n) is 4.30. The lowest BCUT2D eigenvalue weighted by molar-refractivity contribution is 0.295. The number of rotatable bonds is 5. The van der Waals surface area contributed by atoms with E-state index >= 15 is 0 Å². The van der Waals surface area contributed by atoms with E-state index in [4.69, 9.17) is 0 Å². The largest absolute Gasteiger partial charge is 0.317 e. The molecule has 4 heteroatoms. The Morgan fingerprint density at radius 2 is 1.94 bits per heavy atom. The van der Waals surface area contributed by atoms with Gasteiger partial charge in [-0.05, 0) is 31.6 Å². The minimum absolute atomic E-state index is 0.633. The van der Waals surface area contributed by atoms with Gasteiger partial charge >= 0.3 is 0 Å². The van der Waals surface area contributed by atoms with Crippen molar-refractivity contribution >= 4 is 15.9 Å². The summed E-state index contributed by atoms with van der Waals surface area (Å²) in [5.74, 6) is 3.83. The predicted octanol–water partition coefficient (Wildman–Crippen LogP) is 4.17. The van der Waals surface area contributed by atoms with Crippen molar-refractivity contribution in [1.29, 1.82) is 0 Å². The number of aromatic nitrogens is 3. The van der Waals surface area contributed by atoms with Gasteiger partial charge in [-0.25, -0.2) is 0 Å². The van der Waals surface area contributed by atoms with Gasteiger partial charge in [-0.2, -0.15) is 0 Å². The zero-order valence-electron chi connectivity index (χ0n) is 11.5. The van der Waals surface area contributed by atoms with Crippen molar-refractivity contribution in [2.75, 3.05) is 0 Å². The summed E-state index contributed by atoms with van der Waals surface area (Å²) < 4.78 is 2.17. The zero-order chi connectivity index (χ0) is 13.0. The Hall–Kier alpha value is -0.380. The first kappa shape index (κ1) is 14.0. The molecule has 2 rings (SSSR count). The SMILES string of the molecule is CCCCC1CCC(c2nnc(CBr)n2C)CC1. The van der Waals surface area contributed by atoms with Gasteiger partial charge in [0.15, 0.2) is 0 Å². The molecular formula is C14H24BrN3. The Morgan fingerprint density at radius 1 is 1.22 bits per heavy atom. The molecule has 1 aromatic rings. The van der Waals surface area contributed by atoms with E-state index in [-0.39, 0.29) is 0 Å². The molecule has 0 aromatic carbocycles. The lowest BCUT2D eigenvalue weighted by Gasteiger charge is -2.27. The molecule has 1 aromatic heterocycles. The molecule has 0 unspecified atom stereocenters. The number of nitrogens with zero attached hydrogens (tertiary/aromatic N) is 3.